The van der Waals surface area contributed by atoms with Gasteiger partial charge in [-0.3, -0.25) is 4.79 Å². The Bertz CT molecular complexity index is 1390. The standard InChI is InChI=1S/C22H23F3N4O4S/c1-13(26-17-5-3-4-6-18(17)34(2,31)32)15-11-14(23)12-16-19(15)27-22(28-7-9-33-10-8-28)29(20(16)30)21(24)25/h3-6,11-13,21,26H,7-10H2,1-2H3/t13-/m1/s1. The number of alkyl halides is 2. The predicted molar refractivity (Wildman–Crippen MR) is 122 cm³/mol. The molecule has 1 saturated heterocycles. The van der Waals surface area contributed by atoms with Crippen molar-refractivity contribution >= 4 is 32.4 Å². The molecule has 0 radical (unpaired) electrons. The molecule has 8 nitrogen and oxygen atoms in total. The van der Waals surface area contributed by atoms with E-state index in [1.165, 1.54) is 11.0 Å². The van der Waals surface area contributed by atoms with Crippen molar-refractivity contribution in [1.82, 2.24) is 9.55 Å². The Morgan fingerprint density at radius 1 is 1.15 bits per heavy atom. The Labute approximate surface area is 193 Å². The average molecular weight is 497 g/mol. The van der Waals surface area contributed by atoms with Crippen LogP contribution in [0.1, 0.15) is 25.1 Å². The molecule has 0 aliphatic carbocycles. The predicted octanol–water partition coefficient (Wildman–Crippen LogP) is 3.34. The van der Waals surface area contributed by atoms with Gasteiger partial charge in [0.2, 0.25) is 5.95 Å². The van der Waals surface area contributed by atoms with E-state index in [0.717, 1.165) is 18.4 Å². The summed E-state index contributed by atoms with van der Waals surface area (Å²) in [6, 6.07) is 7.54. The SMILES string of the molecule is C[C@@H](Nc1ccccc1S(C)(=O)=O)c1cc(F)cc2c(=O)n(C(F)F)c(N3CCOCC3)nc12. The van der Waals surface area contributed by atoms with E-state index in [4.69, 9.17) is 4.74 Å². The Morgan fingerprint density at radius 3 is 2.47 bits per heavy atom. The quantitative estimate of drug-likeness (QED) is 0.560. The fraction of sp³-hybridized carbons (Fsp3) is 0.364. The first kappa shape index (κ1) is 24.0. The second-order valence-electron chi connectivity index (χ2n) is 7.99. The summed E-state index contributed by atoms with van der Waals surface area (Å²) in [4.78, 5) is 19.0. The van der Waals surface area contributed by atoms with Gasteiger partial charge in [-0.2, -0.15) is 8.78 Å². The number of hydrogen-bond donors (Lipinski definition) is 1. The third-order valence-electron chi connectivity index (χ3n) is 5.59. The number of ether oxygens (including phenoxy) is 1. The largest absolute Gasteiger partial charge is 0.378 e. The zero-order chi connectivity index (χ0) is 24.6. The number of aromatic nitrogens is 2. The molecule has 2 aromatic carbocycles. The average Bonchev–Trinajstić information content (AvgIpc) is 2.78. The van der Waals surface area contributed by atoms with Crippen molar-refractivity contribution in [1.29, 1.82) is 0 Å². The molecule has 1 aromatic heterocycles. The van der Waals surface area contributed by atoms with Gasteiger partial charge in [-0.15, -0.1) is 0 Å². The summed E-state index contributed by atoms with van der Waals surface area (Å²) >= 11 is 0. The molecule has 34 heavy (non-hydrogen) atoms. The molecule has 0 amide bonds. The molecule has 182 valence electrons. The lowest BCUT2D eigenvalue weighted by Crippen LogP contribution is -2.41. The molecule has 3 aromatic rings. The summed E-state index contributed by atoms with van der Waals surface area (Å²) in [5.74, 6) is -1.03. The van der Waals surface area contributed by atoms with E-state index in [2.05, 4.69) is 10.3 Å². The van der Waals surface area contributed by atoms with Crippen LogP contribution in [-0.4, -0.2) is 50.5 Å². The summed E-state index contributed by atoms with van der Waals surface area (Å²) in [6.45, 7) is -0.442. The van der Waals surface area contributed by atoms with Crippen molar-refractivity contribution in [3.63, 3.8) is 0 Å². The molecule has 12 heteroatoms. The number of fused-ring (bicyclic) bond motifs is 1. The summed E-state index contributed by atoms with van der Waals surface area (Å²) in [5.41, 5.74) is -0.497. The highest BCUT2D eigenvalue weighted by atomic mass is 32.2. The lowest BCUT2D eigenvalue weighted by atomic mass is 10.0. The topological polar surface area (TPSA) is 93.5 Å². The molecule has 1 atom stereocenters. The van der Waals surface area contributed by atoms with E-state index in [1.54, 1.807) is 25.1 Å². The van der Waals surface area contributed by atoms with Crippen LogP contribution < -0.4 is 15.8 Å². The van der Waals surface area contributed by atoms with E-state index >= 15 is 0 Å². The van der Waals surface area contributed by atoms with Crippen LogP contribution in [0.15, 0.2) is 46.1 Å². The second-order valence-corrected chi connectivity index (χ2v) is 9.97. The molecule has 1 aliphatic heterocycles. The smallest absolute Gasteiger partial charge is 0.324 e. The Kier molecular flexibility index (Phi) is 6.54. The molecule has 1 aliphatic rings. The number of nitrogens with one attached hydrogen (secondary N) is 1. The van der Waals surface area contributed by atoms with Gasteiger partial charge in [0, 0.05) is 24.9 Å². The zero-order valence-corrected chi connectivity index (χ0v) is 19.3. The van der Waals surface area contributed by atoms with Gasteiger partial charge in [0.1, 0.15) is 5.82 Å². The molecule has 1 N–H and O–H groups in total. The highest BCUT2D eigenvalue weighted by Gasteiger charge is 2.26. The first-order chi connectivity index (χ1) is 16.1. The normalized spacial score (nSPS) is 15.6. The van der Waals surface area contributed by atoms with Crippen molar-refractivity contribution in [2.75, 3.05) is 42.8 Å². The molecule has 0 bridgehead atoms. The molecule has 0 unspecified atom stereocenters. The second kappa shape index (κ2) is 9.26. The van der Waals surface area contributed by atoms with E-state index in [9.17, 15) is 26.4 Å². The third kappa shape index (κ3) is 4.60. The lowest BCUT2D eigenvalue weighted by Gasteiger charge is -2.30. The van der Waals surface area contributed by atoms with Gasteiger partial charge in [0.25, 0.3) is 5.56 Å². The number of sulfone groups is 1. The van der Waals surface area contributed by atoms with Gasteiger partial charge in [-0.05, 0) is 31.2 Å². The maximum Gasteiger partial charge on any atom is 0.324 e. The fourth-order valence-electron chi connectivity index (χ4n) is 4.00. The third-order valence-corrected chi connectivity index (χ3v) is 6.75. The minimum atomic E-state index is -3.56. The Balaban J connectivity index is 1.88. The van der Waals surface area contributed by atoms with Crippen LogP contribution in [0.5, 0.6) is 0 Å². The number of anilines is 2. The summed E-state index contributed by atoms with van der Waals surface area (Å²) < 4.78 is 72.1. The first-order valence-corrected chi connectivity index (χ1v) is 12.4. The lowest BCUT2D eigenvalue weighted by molar-refractivity contribution is 0.0649. The Hall–Kier alpha value is -3.12. The molecular weight excluding hydrogens is 473 g/mol. The van der Waals surface area contributed by atoms with Gasteiger partial charge in [-0.25, -0.2) is 22.4 Å². The van der Waals surface area contributed by atoms with Crippen LogP contribution in [0.2, 0.25) is 0 Å². The fourth-order valence-corrected chi connectivity index (χ4v) is 4.85. The Morgan fingerprint density at radius 2 is 1.82 bits per heavy atom. The maximum absolute atomic E-state index is 14.5. The number of hydrogen-bond acceptors (Lipinski definition) is 7. The zero-order valence-electron chi connectivity index (χ0n) is 18.5. The van der Waals surface area contributed by atoms with Crippen LogP contribution in [0.25, 0.3) is 10.9 Å². The number of halogens is 3. The maximum atomic E-state index is 14.5. The van der Waals surface area contributed by atoms with Crippen molar-refractivity contribution in [2.24, 2.45) is 0 Å². The van der Waals surface area contributed by atoms with Crippen LogP contribution >= 0.6 is 0 Å². The van der Waals surface area contributed by atoms with E-state index in [0.29, 0.717) is 0 Å². The molecule has 1 fully saturated rings. The van der Waals surface area contributed by atoms with Crippen molar-refractivity contribution in [3.8, 4) is 0 Å². The minimum absolute atomic E-state index is 0.0459. The number of morpholine rings is 1. The van der Waals surface area contributed by atoms with Crippen LogP contribution in [0.4, 0.5) is 24.8 Å². The molecule has 0 saturated carbocycles. The number of para-hydroxylation sites is 1. The van der Waals surface area contributed by atoms with E-state index in [1.807, 2.05) is 0 Å². The van der Waals surface area contributed by atoms with Crippen molar-refractivity contribution in [2.45, 2.75) is 24.4 Å². The highest BCUT2D eigenvalue weighted by molar-refractivity contribution is 7.90. The van der Waals surface area contributed by atoms with Crippen LogP contribution in [-0.2, 0) is 14.6 Å². The highest BCUT2D eigenvalue weighted by Crippen LogP contribution is 2.31. The number of nitrogens with zero attached hydrogens (tertiary/aromatic N) is 3. The van der Waals surface area contributed by atoms with E-state index in [-0.39, 0.29) is 63.9 Å². The number of rotatable bonds is 6. The monoisotopic (exact) mass is 496 g/mol. The van der Waals surface area contributed by atoms with Crippen molar-refractivity contribution in [3.05, 3.63) is 58.1 Å². The van der Waals surface area contributed by atoms with Gasteiger partial charge in [-0.1, -0.05) is 12.1 Å². The molecule has 2 heterocycles. The van der Waals surface area contributed by atoms with Gasteiger partial charge in [0.15, 0.2) is 9.84 Å². The summed E-state index contributed by atoms with van der Waals surface area (Å²) in [5, 5.41) is 2.74. The van der Waals surface area contributed by atoms with Gasteiger partial charge < -0.3 is 15.0 Å². The summed E-state index contributed by atoms with van der Waals surface area (Å²) in [7, 11) is -3.56. The minimum Gasteiger partial charge on any atom is -0.378 e. The number of benzene rings is 2. The summed E-state index contributed by atoms with van der Waals surface area (Å²) in [6.07, 6.45) is 1.07. The molecule has 0 spiro atoms. The van der Waals surface area contributed by atoms with E-state index < -0.39 is 33.8 Å². The van der Waals surface area contributed by atoms with Crippen LogP contribution in [0, 0.1) is 5.82 Å². The first-order valence-electron chi connectivity index (χ1n) is 10.5. The molecule has 4 rings (SSSR count). The van der Waals surface area contributed by atoms with Gasteiger partial charge in [0.05, 0.1) is 40.7 Å². The van der Waals surface area contributed by atoms with Crippen molar-refractivity contribution < 1.29 is 26.3 Å². The molecular formula is C22H23F3N4O4S. The van der Waals surface area contributed by atoms with Crippen LogP contribution in [0.3, 0.4) is 0 Å². The van der Waals surface area contributed by atoms with Gasteiger partial charge >= 0.3 is 6.55 Å².